The summed E-state index contributed by atoms with van der Waals surface area (Å²) in [5.74, 6) is 1.12. The van der Waals surface area contributed by atoms with Crippen molar-refractivity contribution in [1.82, 2.24) is 10.2 Å². The van der Waals surface area contributed by atoms with E-state index < -0.39 is 0 Å². The van der Waals surface area contributed by atoms with Gasteiger partial charge in [-0.2, -0.15) is 0 Å². The number of piperidine rings is 1. The number of furan rings is 1. The van der Waals surface area contributed by atoms with Gasteiger partial charge in [-0.1, -0.05) is 20.3 Å². The van der Waals surface area contributed by atoms with E-state index in [0.717, 1.165) is 31.4 Å². The molecule has 1 aliphatic rings. The molecule has 0 aromatic carbocycles. The molecule has 19 heavy (non-hydrogen) atoms. The minimum atomic E-state index is 0.764. The van der Waals surface area contributed by atoms with E-state index in [4.69, 9.17) is 4.42 Å². The summed E-state index contributed by atoms with van der Waals surface area (Å²) in [4.78, 5) is 2.64. The predicted molar refractivity (Wildman–Crippen MR) is 79.0 cm³/mol. The smallest absolute Gasteiger partial charge is 0.122 e. The Morgan fingerprint density at radius 1 is 1.37 bits per heavy atom. The van der Waals surface area contributed by atoms with Crippen molar-refractivity contribution in [1.29, 1.82) is 0 Å². The normalized spacial score (nSPS) is 20.8. The lowest BCUT2D eigenvalue weighted by Gasteiger charge is -2.35. The molecule has 1 aromatic rings. The minimum absolute atomic E-state index is 0.764. The SMILES string of the molecule is CCCNCc1occc1CN1CCCCC1CC. The van der Waals surface area contributed by atoms with Gasteiger partial charge in [0, 0.05) is 18.2 Å². The van der Waals surface area contributed by atoms with Crippen LogP contribution in [-0.2, 0) is 13.1 Å². The van der Waals surface area contributed by atoms with Crippen molar-refractivity contribution in [2.24, 2.45) is 0 Å². The van der Waals surface area contributed by atoms with Crippen LogP contribution in [0, 0.1) is 0 Å². The molecule has 0 saturated carbocycles. The van der Waals surface area contributed by atoms with E-state index in [-0.39, 0.29) is 0 Å². The first-order valence-corrected chi connectivity index (χ1v) is 7.85. The molecule has 0 spiro atoms. The molecule has 1 N–H and O–H groups in total. The first-order valence-electron chi connectivity index (χ1n) is 7.85. The predicted octanol–water partition coefficient (Wildman–Crippen LogP) is 3.54. The van der Waals surface area contributed by atoms with Crippen LogP contribution >= 0.6 is 0 Å². The van der Waals surface area contributed by atoms with Gasteiger partial charge in [0.1, 0.15) is 5.76 Å². The fourth-order valence-electron chi connectivity index (χ4n) is 2.99. The monoisotopic (exact) mass is 264 g/mol. The van der Waals surface area contributed by atoms with Gasteiger partial charge in [-0.05, 0) is 44.8 Å². The van der Waals surface area contributed by atoms with Gasteiger partial charge in [-0.15, -0.1) is 0 Å². The van der Waals surface area contributed by atoms with Gasteiger partial charge in [0.15, 0.2) is 0 Å². The molecular formula is C16H28N2O. The molecule has 2 rings (SSSR count). The second-order valence-electron chi connectivity index (χ2n) is 5.57. The van der Waals surface area contributed by atoms with Crippen molar-refractivity contribution in [3.63, 3.8) is 0 Å². The fourth-order valence-corrected chi connectivity index (χ4v) is 2.99. The lowest BCUT2D eigenvalue weighted by molar-refractivity contribution is 0.135. The Kier molecular flexibility index (Phi) is 5.93. The molecule has 1 saturated heterocycles. The second kappa shape index (κ2) is 7.71. The van der Waals surface area contributed by atoms with Crippen LogP contribution in [0.5, 0.6) is 0 Å². The summed E-state index contributed by atoms with van der Waals surface area (Å²) in [5, 5.41) is 3.43. The van der Waals surface area contributed by atoms with E-state index in [1.165, 1.54) is 44.2 Å². The molecule has 2 heterocycles. The van der Waals surface area contributed by atoms with Gasteiger partial charge in [0.2, 0.25) is 0 Å². The Balaban J connectivity index is 1.92. The first kappa shape index (κ1) is 14.6. The van der Waals surface area contributed by atoms with Gasteiger partial charge in [-0.3, -0.25) is 4.90 Å². The van der Waals surface area contributed by atoms with Crippen LogP contribution in [0.1, 0.15) is 57.3 Å². The van der Waals surface area contributed by atoms with Crippen molar-refractivity contribution in [3.05, 3.63) is 23.7 Å². The highest BCUT2D eigenvalue weighted by molar-refractivity contribution is 5.17. The Labute approximate surface area is 117 Å². The number of nitrogens with zero attached hydrogens (tertiary/aromatic N) is 1. The summed E-state index contributed by atoms with van der Waals surface area (Å²) in [7, 11) is 0. The average molecular weight is 264 g/mol. The zero-order chi connectivity index (χ0) is 13.5. The molecule has 3 nitrogen and oxygen atoms in total. The molecule has 0 amide bonds. The van der Waals surface area contributed by atoms with Crippen LogP contribution in [0.25, 0.3) is 0 Å². The van der Waals surface area contributed by atoms with Crippen molar-refractivity contribution in [2.45, 2.75) is 65.1 Å². The summed E-state index contributed by atoms with van der Waals surface area (Å²) >= 11 is 0. The molecular weight excluding hydrogens is 236 g/mol. The Morgan fingerprint density at radius 3 is 3.05 bits per heavy atom. The van der Waals surface area contributed by atoms with E-state index in [0.29, 0.717) is 0 Å². The van der Waals surface area contributed by atoms with Crippen LogP contribution in [0.15, 0.2) is 16.7 Å². The molecule has 0 aliphatic carbocycles. The maximum absolute atomic E-state index is 5.63. The zero-order valence-electron chi connectivity index (χ0n) is 12.5. The average Bonchev–Trinajstić information content (AvgIpc) is 2.87. The van der Waals surface area contributed by atoms with E-state index in [9.17, 15) is 0 Å². The summed E-state index contributed by atoms with van der Waals surface area (Å²) in [5.41, 5.74) is 1.36. The van der Waals surface area contributed by atoms with Crippen LogP contribution in [0.4, 0.5) is 0 Å². The number of rotatable bonds is 7. The third-order valence-electron chi connectivity index (χ3n) is 4.14. The quantitative estimate of drug-likeness (QED) is 0.764. The largest absolute Gasteiger partial charge is 0.468 e. The Bertz CT molecular complexity index is 361. The molecule has 3 heteroatoms. The highest BCUT2D eigenvalue weighted by Gasteiger charge is 2.22. The summed E-state index contributed by atoms with van der Waals surface area (Å²) in [6.45, 7) is 8.71. The maximum atomic E-state index is 5.63. The lowest BCUT2D eigenvalue weighted by Crippen LogP contribution is -2.38. The molecule has 0 bridgehead atoms. The van der Waals surface area contributed by atoms with Crippen molar-refractivity contribution in [2.75, 3.05) is 13.1 Å². The summed E-state index contributed by atoms with van der Waals surface area (Å²) in [6, 6.07) is 2.91. The number of likely N-dealkylation sites (tertiary alicyclic amines) is 1. The Hall–Kier alpha value is -0.800. The third kappa shape index (κ3) is 4.08. The number of hydrogen-bond acceptors (Lipinski definition) is 3. The highest BCUT2D eigenvalue weighted by Crippen LogP contribution is 2.23. The topological polar surface area (TPSA) is 28.4 Å². The van der Waals surface area contributed by atoms with Gasteiger partial charge < -0.3 is 9.73 Å². The zero-order valence-corrected chi connectivity index (χ0v) is 12.5. The molecule has 108 valence electrons. The number of hydrogen-bond donors (Lipinski definition) is 1. The fraction of sp³-hybridized carbons (Fsp3) is 0.750. The second-order valence-corrected chi connectivity index (χ2v) is 5.57. The van der Waals surface area contributed by atoms with Gasteiger partial charge in [-0.25, -0.2) is 0 Å². The summed E-state index contributed by atoms with van der Waals surface area (Å²) in [6.07, 6.45) is 8.37. The van der Waals surface area contributed by atoms with Gasteiger partial charge in [0.25, 0.3) is 0 Å². The van der Waals surface area contributed by atoms with Gasteiger partial charge in [0.05, 0.1) is 12.8 Å². The highest BCUT2D eigenvalue weighted by atomic mass is 16.3. The van der Waals surface area contributed by atoms with Crippen LogP contribution in [0.3, 0.4) is 0 Å². The van der Waals surface area contributed by atoms with Gasteiger partial charge >= 0.3 is 0 Å². The lowest BCUT2D eigenvalue weighted by atomic mass is 9.99. The van der Waals surface area contributed by atoms with E-state index in [1.807, 2.05) is 6.26 Å². The van der Waals surface area contributed by atoms with Crippen molar-refractivity contribution < 1.29 is 4.42 Å². The van der Waals surface area contributed by atoms with Crippen LogP contribution in [-0.4, -0.2) is 24.0 Å². The van der Waals surface area contributed by atoms with Crippen molar-refractivity contribution >= 4 is 0 Å². The maximum Gasteiger partial charge on any atom is 0.122 e. The van der Waals surface area contributed by atoms with E-state index in [2.05, 4.69) is 30.1 Å². The Morgan fingerprint density at radius 2 is 2.26 bits per heavy atom. The first-order chi connectivity index (χ1) is 9.35. The van der Waals surface area contributed by atoms with E-state index in [1.54, 1.807) is 0 Å². The van der Waals surface area contributed by atoms with E-state index >= 15 is 0 Å². The summed E-state index contributed by atoms with van der Waals surface area (Å²) < 4.78 is 5.63. The molecule has 1 aliphatic heterocycles. The van der Waals surface area contributed by atoms with Crippen molar-refractivity contribution in [3.8, 4) is 0 Å². The number of nitrogens with one attached hydrogen (secondary N) is 1. The molecule has 0 radical (unpaired) electrons. The molecule has 1 atom stereocenters. The molecule has 1 unspecified atom stereocenters. The third-order valence-corrected chi connectivity index (χ3v) is 4.14. The molecule has 1 fully saturated rings. The van der Waals surface area contributed by atoms with Crippen LogP contribution in [0.2, 0.25) is 0 Å². The standard InChI is InChI=1S/C16H28N2O/c1-3-9-17-12-16-14(8-11-19-16)13-18-10-6-5-7-15(18)4-2/h8,11,15,17H,3-7,9-10,12-13H2,1-2H3. The minimum Gasteiger partial charge on any atom is -0.468 e. The molecule has 1 aromatic heterocycles. The van der Waals surface area contributed by atoms with Crippen LogP contribution < -0.4 is 5.32 Å².